The standard InChI is InChI=1S/C19H23N5.C3H8/c1-23(19-17-7-10-20-18(17)21-14-22-19)11-8-16-9-12-24(16)13-15-5-3-2-4-6-15;1-3-2/h2-7,10,14,16H,8-9,11-13H2,1H3,(H,20,21,22);3H2,1-2H3/t16-;/m1./s1. The molecule has 3 heterocycles. The highest BCUT2D eigenvalue weighted by molar-refractivity contribution is 5.87. The highest BCUT2D eigenvalue weighted by atomic mass is 15.2. The molecule has 1 aromatic carbocycles. The Balaban J connectivity index is 0.000000659. The van der Waals surface area contributed by atoms with Crippen molar-refractivity contribution in [3.63, 3.8) is 0 Å². The van der Waals surface area contributed by atoms with Crippen LogP contribution in [-0.2, 0) is 6.54 Å². The maximum Gasteiger partial charge on any atom is 0.142 e. The first-order chi connectivity index (χ1) is 13.2. The third kappa shape index (κ3) is 4.86. The minimum absolute atomic E-state index is 0.677. The van der Waals surface area contributed by atoms with Gasteiger partial charge < -0.3 is 9.88 Å². The monoisotopic (exact) mass is 365 g/mol. The third-order valence-electron chi connectivity index (χ3n) is 4.99. The van der Waals surface area contributed by atoms with Crippen molar-refractivity contribution in [2.24, 2.45) is 0 Å². The fourth-order valence-electron chi connectivity index (χ4n) is 3.46. The Kier molecular flexibility index (Phi) is 6.82. The molecular formula is C22H31N5. The van der Waals surface area contributed by atoms with Crippen molar-refractivity contribution in [2.75, 3.05) is 25.0 Å². The summed E-state index contributed by atoms with van der Waals surface area (Å²) in [4.78, 5) is 16.7. The van der Waals surface area contributed by atoms with E-state index in [1.807, 2.05) is 12.3 Å². The molecule has 0 radical (unpaired) electrons. The van der Waals surface area contributed by atoms with Crippen LogP contribution in [0.1, 0.15) is 38.7 Å². The van der Waals surface area contributed by atoms with Crippen molar-refractivity contribution < 1.29 is 0 Å². The topological polar surface area (TPSA) is 48.1 Å². The average molecular weight is 366 g/mol. The van der Waals surface area contributed by atoms with Gasteiger partial charge in [-0.05, 0) is 24.5 Å². The van der Waals surface area contributed by atoms with Gasteiger partial charge in [-0.2, -0.15) is 0 Å². The molecule has 1 saturated heterocycles. The first-order valence-electron chi connectivity index (χ1n) is 10.00. The lowest BCUT2D eigenvalue weighted by Gasteiger charge is -2.42. The van der Waals surface area contributed by atoms with E-state index in [1.165, 1.54) is 31.4 Å². The molecule has 0 aliphatic carbocycles. The fraction of sp³-hybridized carbons (Fsp3) is 0.455. The van der Waals surface area contributed by atoms with Gasteiger partial charge in [0.05, 0.1) is 5.39 Å². The SMILES string of the molecule is CCC.CN(CC[C@@H]1CCN1Cc1ccccc1)c1ncnc2[nH]ccc12. The average Bonchev–Trinajstić information content (AvgIpc) is 3.15. The molecule has 2 aromatic heterocycles. The van der Waals surface area contributed by atoms with Gasteiger partial charge in [0.1, 0.15) is 17.8 Å². The predicted molar refractivity (Wildman–Crippen MR) is 113 cm³/mol. The summed E-state index contributed by atoms with van der Waals surface area (Å²) >= 11 is 0. The Morgan fingerprint density at radius 2 is 1.93 bits per heavy atom. The number of benzene rings is 1. The largest absolute Gasteiger partial charge is 0.359 e. The Labute approximate surface area is 162 Å². The van der Waals surface area contributed by atoms with E-state index < -0.39 is 0 Å². The Hall–Kier alpha value is -2.40. The number of anilines is 1. The van der Waals surface area contributed by atoms with Crippen LogP contribution in [0.4, 0.5) is 5.82 Å². The lowest BCUT2D eigenvalue weighted by molar-refractivity contribution is 0.0769. The Morgan fingerprint density at radius 3 is 2.63 bits per heavy atom. The maximum absolute atomic E-state index is 4.47. The molecule has 4 rings (SSSR count). The van der Waals surface area contributed by atoms with Gasteiger partial charge in [0, 0.05) is 38.9 Å². The molecular weight excluding hydrogens is 334 g/mol. The van der Waals surface area contributed by atoms with Crippen LogP contribution in [0.5, 0.6) is 0 Å². The molecule has 1 fully saturated rings. The molecule has 1 N–H and O–H groups in total. The molecule has 0 amide bonds. The zero-order valence-corrected chi connectivity index (χ0v) is 16.7. The van der Waals surface area contributed by atoms with Crippen molar-refractivity contribution in [3.8, 4) is 0 Å². The minimum Gasteiger partial charge on any atom is -0.359 e. The van der Waals surface area contributed by atoms with Gasteiger partial charge in [0.25, 0.3) is 0 Å². The van der Waals surface area contributed by atoms with Crippen molar-refractivity contribution in [3.05, 3.63) is 54.5 Å². The third-order valence-corrected chi connectivity index (χ3v) is 4.99. The summed E-state index contributed by atoms with van der Waals surface area (Å²) < 4.78 is 0. The van der Waals surface area contributed by atoms with Gasteiger partial charge in [-0.15, -0.1) is 0 Å². The normalized spacial score (nSPS) is 16.5. The van der Waals surface area contributed by atoms with Crippen LogP contribution in [0.3, 0.4) is 0 Å². The van der Waals surface area contributed by atoms with Crippen LogP contribution < -0.4 is 4.90 Å². The molecule has 5 heteroatoms. The van der Waals surface area contributed by atoms with Crippen LogP contribution in [0.2, 0.25) is 0 Å². The van der Waals surface area contributed by atoms with E-state index in [-0.39, 0.29) is 0 Å². The molecule has 3 aromatic rings. The van der Waals surface area contributed by atoms with Crippen molar-refractivity contribution in [1.82, 2.24) is 19.9 Å². The van der Waals surface area contributed by atoms with Gasteiger partial charge >= 0.3 is 0 Å². The number of hydrogen-bond acceptors (Lipinski definition) is 4. The summed E-state index contributed by atoms with van der Waals surface area (Å²) in [7, 11) is 2.12. The molecule has 1 atom stereocenters. The number of fused-ring (bicyclic) bond motifs is 1. The number of H-pyrrole nitrogens is 1. The summed E-state index contributed by atoms with van der Waals surface area (Å²) in [5, 5.41) is 1.09. The molecule has 1 aliphatic rings. The van der Waals surface area contributed by atoms with Crippen LogP contribution in [0, 0.1) is 0 Å². The van der Waals surface area contributed by atoms with E-state index in [2.05, 4.69) is 76.0 Å². The van der Waals surface area contributed by atoms with Crippen molar-refractivity contribution in [2.45, 2.75) is 45.7 Å². The van der Waals surface area contributed by atoms with E-state index in [0.29, 0.717) is 6.04 Å². The van der Waals surface area contributed by atoms with Gasteiger partial charge in [0.2, 0.25) is 0 Å². The number of nitrogens with one attached hydrogen (secondary N) is 1. The van der Waals surface area contributed by atoms with Gasteiger partial charge in [-0.1, -0.05) is 50.6 Å². The number of aromatic nitrogens is 3. The molecule has 0 unspecified atom stereocenters. The number of likely N-dealkylation sites (tertiary alicyclic amines) is 1. The maximum atomic E-state index is 4.47. The van der Waals surface area contributed by atoms with E-state index in [1.54, 1.807) is 6.33 Å². The molecule has 144 valence electrons. The van der Waals surface area contributed by atoms with Gasteiger partial charge in [0.15, 0.2) is 0 Å². The summed E-state index contributed by atoms with van der Waals surface area (Å²) in [5.74, 6) is 1.01. The van der Waals surface area contributed by atoms with Gasteiger partial charge in [-0.25, -0.2) is 9.97 Å². The molecule has 0 spiro atoms. The Bertz CT molecular complexity index is 814. The zero-order valence-electron chi connectivity index (χ0n) is 16.7. The lowest BCUT2D eigenvalue weighted by Crippen LogP contribution is -2.48. The Morgan fingerprint density at radius 1 is 1.15 bits per heavy atom. The van der Waals surface area contributed by atoms with E-state index in [4.69, 9.17) is 0 Å². The highest BCUT2D eigenvalue weighted by Crippen LogP contribution is 2.25. The molecule has 5 nitrogen and oxygen atoms in total. The lowest BCUT2D eigenvalue weighted by atomic mass is 9.98. The zero-order chi connectivity index (χ0) is 19.1. The van der Waals surface area contributed by atoms with Crippen LogP contribution in [0.15, 0.2) is 48.9 Å². The smallest absolute Gasteiger partial charge is 0.142 e. The first-order valence-corrected chi connectivity index (χ1v) is 10.00. The summed E-state index contributed by atoms with van der Waals surface area (Å²) in [6, 6.07) is 13.5. The predicted octanol–water partition coefficient (Wildman–Crippen LogP) is 4.48. The quantitative estimate of drug-likeness (QED) is 0.700. The second kappa shape index (κ2) is 9.51. The minimum atomic E-state index is 0.677. The summed E-state index contributed by atoms with van der Waals surface area (Å²) in [6.45, 7) is 7.52. The number of aromatic amines is 1. The summed E-state index contributed by atoms with van der Waals surface area (Å²) in [5.41, 5.74) is 2.31. The highest BCUT2D eigenvalue weighted by Gasteiger charge is 2.27. The molecule has 0 bridgehead atoms. The van der Waals surface area contributed by atoms with E-state index >= 15 is 0 Å². The van der Waals surface area contributed by atoms with Crippen molar-refractivity contribution >= 4 is 16.9 Å². The second-order valence-corrected chi connectivity index (χ2v) is 7.25. The first kappa shape index (κ1) is 19.4. The molecule has 0 saturated carbocycles. The van der Waals surface area contributed by atoms with E-state index in [9.17, 15) is 0 Å². The second-order valence-electron chi connectivity index (χ2n) is 7.25. The number of hydrogen-bond donors (Lipinski definition) is 1. The molecule has 27 heavy (non-hydrogen) atoms. The van der Waals surface area contributed by atoms with E-state index in [0.717, 1.165) is 29.9 Å². The van der Waals surface area contributed by atoms with Crippen LogP contribution in [-0.4, -0.2) is 46.0 Å². The van der Waals surface area contributed by atoms with Crippen LogP contribution >= 0.6 is 0 Å². The molecule has 1 aliphatic heterocycles. The fourth-order valence-corrected chi connectivity index (χ4v) is 3.46. The summed E-state index contributed by atoms with van der Waals surface area (Å²) in [6.07, 6.45) is 7.27. The number of nitrogens with zero attached hydrogens (tertiary/aromatic N) is 4. The van der Waals surface area contributed by atoms with Crippen LogP contribution in [0.25, 0.3) is 11.0 Å². The van der Waals surface area contributed by atoms with Gasteiger partial charge in [-0.3, -0.25) is 4.90 Å². The number of rotatable bonds is 6. The van der Waals surface area contributed by atoms with Crippen molar-refractivity contribution in [1.29, 1.82) is 0 Å².